The van der Waals surface area contributed by atoms with Crippen LogP contribution in [0.4, 0.5) is 26.3 Å². The Labute approximate surface area is 202 Å². The van der Waals surface area contributed by atoms with Crippen molar-refractivity contribution in [2.75, 3.05) is 0 Å². The molecule has 2 aromatic carbocycles. The van der Waals surface area contributed by atoms with E-state index in [-0.39, 0.29) is 5.56 Å². The van der Waals surface area contributed by atoms with E-state index in [0.29, 0.717) is 36.0 Å². The number of allylic oxidation sites excluding steroid dienone is 2. The molecule has 2 aromatic rings. The largest absolute Gasteiger partial charge is 0.573 e. The molecule has 0 spiro atoms. The Bertz CT molecular complexity index is 1080. The van der Waals surface area contributed by atoms with E-state index in [2.05, 4.69) is 11.7 Å². The second kappa shape index (κ2) is 10.7. The molecule has 0 atom stereocenters. The van der Waals surface area contributed by atoms with Gasteiger partial charge in [-0.15, -0.1) is 13.2 Å². The van der Waals surface area contributed by atoms with E-state index < -0.39 is 35.1 Å². The Balaban J connectivity index is 1.44. The average molecular weight is 497 g/mol. The van der Waals surface area contributed by atoms with Gasteiger partial charge in [0.15, 0.2) is 11.6 Å². The molecule has 0 unspecified atom stereocenters. The van der Waals surface area contributed by atoms with Crippen LogP contribution in [0, 0.1) is 29.3 Å². The highest BCUT2D eigenvalue weighted by Gasteiger charge is 2.33. The summed E-state index contributed by atoms with van der Waals surface area (Å²) in [5.41, 5.74) is 1.48. The fourth-order valence-electron chi connectivity index (χ4n) is 5.58. The second-order valence-corrected chi connectivity index (χ2v) is 9.84. The van der Waals surface area contributed by atoms with Gasteiger partial charge in [-0.2, -0.15) is 0 Å². The number of hydrogen-bond acceptors (Lipinski definition) is 1. The predicted octanol–water partition coefficient (Wildman–Crippen LogP) is 9.08. The molecule has 0 amide bonds. The summed E-state index contributed by atoms with van der Waals surface area (Å²) in [5.74, 6) is -2.48. The van der Waals surface area contributed by atoms with Crippen LogP contribution >= 0.6 is 0 Å². The summed E-state index contributed by atoms with van der Waals surface area (Å²) in [5, 5.41) is 0. The molecular weight excluding hydrogens is 466 g/mol. The molecule has 0 heterocycles. The van der Waals surface area contributed by atoms with Crippen LogP contribution in [0.1, 0.15) is 69.4 Å². The van der Waals surface area contributed by atoms with Crippen molar-refractivity contribution in [1.29, 1.82) is 0 Å². The zero-order valence-corrected chi connectivity index (χ0v) is 19.8. The molecule has 35 heavy (non-hydrogen) atoms. The lowest BCUT2D eigenvalue weighted by atomic mass is 9.77. The summed E-state index contributed by atoms with van der Waals surface area (Å²) in [6.45, 7) is 2.23. The van der Waals surface area contributed by atoms with Gasteiger partial charge >= 0.3 is 6.36 Å². The Hall–Kier alpha value is -2.44. The number of rotatable bonds is 7. The molecule has 7 heteroatoms. The van der Waals surface area contributed by atoms with E-state index >= 15 is 4.39 Å². The topological polar surface area (TPSA) is 9.23 Å². The van der Waals surface area contributed by atoms with E-state index in [1.54, 1.807) is 0 Å². The average Bonchev–Trinajstić information content (AvgIpc) is 2.79. The molecule has 1 saturated carbocycles. The SMILES string of the molecule is CCCC1CCC(CCC2=CCc3c(cc(F)c(-c4ccc(OC(F)(F)F)c(F)c4)c3F)C2)CC1. The maximum absolute atomic E-state index is 15.3. The van der Waals surface area contributed by atoms with Gasteiger partial charge in [0.05, 0.1) is 5.56 Å². The second-order valence-electron chi connectivity index (χ2n) is 9.84. The lowest BCUT2D eigenvalue weighted by Crippen LogP contribution is -2.18. The van der Waals surface area contributed by atoms with E-state index in [9.17, 15) is 22.0 Å². The number of fused-ring (bicyclic) bond motifs is 1. The first kappa shape index (κ1) is 25.6. The van der Waals surface area contributed by atoms with Crippen LogP contribution in [-0.4, -0.2) is 6.36 Å². The summed E-state index contributed by atoms with van der Waals surface area (Å²) in [7, 11) is 0. The zero-order chi connectivity index (χ0) is 25.2. The Kier molecular flexibility index (Phi) is 7.82. The first-order chi connectivity index (χ1) is 16.6. The minimum absolute atomic E-state index is 0.178. The number of benzene rings is 2. The van der Waals surface area contributed by atoms with E-state index in [0.717, 1.165) is 30.9 Å². The highest BCUT2D eigenvalue weighted by atomic mass is 19.4. The molecule has 190 valence electrons. The molecule has 0 radical (unpaired) electrons. The smallest absolute Gasteiger partial charge is 0.403 e. The molecule has 0 aromatic heterocycles. The van der Waals surface area contributed by atoms with E-state index in [1.165, 1.54) is 50.2 Å². The van der Waals surface area contributed by atoms with Crippen LogP contribution < -0.4 is 4.74 Å². The fraction of sp³-hybridized carbons (Fsp3) is 0.500. The quantitative estimate of drug-likeness (QED) is 0.274. The van der Waals surface area contributed by atoms with E-state index in [4.69, 9.17) is 0 Å². The molecule has 2 aliphatic carbocycles. The number of hydrogen-bond donors (Lipinski definition) is 0. The zero-order valence-electron chi connectivity index (χ0n) is 19.8. The molecule has 0 aliphatic heterocycles. The van der Waals surface area contributed by atoms with Gasteiger partial charge in [0.25, 0.3) is 0 Å². The fourth-order valence-corrected chi connectivity index (χ4v) is 5.58. The van der Waals surface area contributed by atoms with Crippen LogP contribution in [0.2, 0.25) is 0 Å². The third kappa shape index (κ3) is 6.22. The normalized spacial score (nSPS) is 20.4. The Morgan fingerprint density at radius 2 is 1.60 bits per heavy atom. The summed E-state index contributed by atoms with van der Waals surface area (Å²) >= 11 is 0. The first-order valence-electron chi connectivity index (χ1n) is 12.4. The van der Waals surface area contributed by atoms with Crippen LogP contribution in [-0.2, 0) is 12.8 Å². The standard InChI is InChI=1S/C28H30F6O/c1-2-3-17-4-6-18(7-5-17)8-9-19-10-12-22-21(14-19)16-24(30)26(27(22)31)20-11-13-25(23(29)15-20)35-28(32,33)34/h10-11,13,15-18H,2-9,12,14H2,1H3. The van der Waals surface area contributed by atoms with Gasteiger partial charge in [0.1, 0.15) is 11.6 Å². The molecule has 2 aliphatic rings. The molecule has 0 saturated heterocycles. The van der Waals surface area contributed by atoms with Crippen molar-refractivity contribution in [2.24, 2.45) is 11.8 Å². The lowest BCUT2D eigenvalue weighted by molar-refractivity contribution is -0.275. The van der Waals surface area contributed by atoms with Crippen molar-refractivity contribution in [2.45, 2.75) is 77.5 Å². The molecule has 4 rings (SSSR count). The van der Waals surface area contributed by atoms with Crippen LogP contribution in [0.25, 0.3) is 11.1 Å². The summed E-state index contributed by atoms with van der Waals surface area (Å²) in [4.78, 5) is 0. The number of ether oxygens (including phenoxy) is 1. The molecular formula is C28H30F6O. The molecule has 1 nitrogen and oxygen atoms in total. The monoisotopic (exact) mass is 496 g/mol. The van der Waals surface area contributed by atoms with Gasteiger partial charge in [0, 0.05) is 0 Å². The minimum Gasteiger partial charge on any atom is -0.403 e. The minimum atomic E-state index is -5.07. The van der Waals surface area contributed by atoms with Gasteiger partial charge in [-0.1, -0.05) is 63.2 Å². The van der Waals surface area contributed by atoms with Gasteiger partial charge in [-0.25, -0.2) is 13.2 Å². The third-order valence-corrected chi connectivity index (χ3v) is 7.41. The van der Waals surface area contributed by atoms with Crippen molar-refractivity contribution in [3.63, 3.8) is 0 Å². The Morgan fingerprint density at radius 3 is 2.23 bits per heavy atom. The van der Waals surface area contributed by atoms with Crippen molar-refractivity contribution in [1.82, 2.24) is 0 Å². The van der Waals surface area contributed by atoms with Crippen LogP contribution in [0.5, 0.6) is 5.75 Å². The number of alkyl halides is 3. The highest BCUT2D eigenvalue weighted by molar-refractivity contribution is 5.68. The summed E-state index contributed by atoms with van der Waals surface area (Å²) < 4.78 is 85.1. The third-order valence-electron chi connectivity index (χ3n) is 7.41. The number of halogens is 6. The van der Waals surface area contributed by atoms with Gasteiger partial charge in [0.2, 0.25) is 0 Å². The van der Waals surface area contributed by atoms with Crippen LogP contribution in [0.3, 0.4) is 0 Å². The summed E-state index contributed by atoms with van der Waals surface area (Å²) in [6, 6.07) is 3.69. The summed E-state index contributed by atoms with van der Waals surface area (Å²) in [6.07, 6.45) is 7.37. The lowest BCUT2D eigenvalue weighted by Gasteiger charge is -2.29. The predicted molar refractivity (Wildman–Crippen MR) is 124 cm³/mol. The maximum atomic E-state index is 15.3. The van der Waals surface area contributed by atoms with Crippen molar-refractivity contribution < 1.29 is 31.1 Å². The molecule has 0 bridgehead atoms. The van der Waals surface area contributed by atoms with Crippen molar-refractivity contribution in [3.05, 3.63) is 64.5 Å². The maximum Gasteiger partial charge on any atom is 0.573 e. The van der Waals surface area contributed by atoms with Crippen molar-refractivity contribution in [3.8, 4) is 16.9 Å². The van der Waals surface area contributed by atoms with Gasteiger partial charge < -0.3 is 4.74 Å². The molecule has 0 N–H and O–H groups in total. The molecule has 1 fully saturated rings. The Morgan fingerprint density at radius 1 is 0.914 bits per heavy atom. The van der Waals surface area contributed by atoms with Crippen LogP contribution in [0.15, 0.2) is 35.9 Å². The highest BCUT2D eigenvalue weighted by Crippen LogP contribution is 2.38. The van der Waals surface area contributed by atoms with Crippen molar-refractivity contribution >= 4 is 0 Å². The van der Waals surface area contributed by atoms with E-state index in [1.807, 2.05) is 6.08 Å². The van der Waals surface area contributed by atoms with Gasteiger partial charge in [-0.3, -0.25) is 0 Å². The first-order valence-corrected chi connectivity index (χ1v) is 12.4. The van der Waals surface area contributed by atoms with Gasteiger partial charge in [-0.05, 0) is 72.4 Å².